The lowest BCUT2D eigenvalue weighted by atomic mass is 10.1. The number of amides is 2. The van der Waals surface area contributed by atoms with Crippen LogP contribution >= 0.6 is 23.1 Å². The molecule has 28 heavy (non-hydrogen) atoms. The third-order valence-electron chi connectivity index (χ3n) is 4.42. The van der Waals surface area contributed by atoms with Crippen molar-refractivity contribution in [3.63, 3.8) is 0 Å². The molecule has 1 aliphatic rings. The molecule has 1 fully saturated rings. The van der Waals surface area contributed by atoms with Gasteiger partial charge in [0, 0.05) is 17.5 Å². The van der Waals surface area contributed by atoms with Gasteiger partial charge in [0.05, 0.1) is 5.75 Å². The molecule has 1 aliphatic carbocycles. The van der Waals surface area contributed by atoms with Crippen LogP contribution in [0.25, 0.3) is 0 Å². The van der Waals surface area contributed by atoms with Crippen molar-refractivity contribution in [2.75, 3.05) is 11.1 Å². The monoisotopic (exact) mass is 422 g/mol. The molecule has 0 unspecified atom stereocenters. The van der Waals surface area contributed by atoms with E-state index in [0.717, 1.165) is 12.8 Å². The van der Waals surface area contributed by atoms with Crippen LogP contribution in [0.15, 0.2) is 24.3 Å². The van der Waals surface area contributed by atoms with E-state index in [-0.39, 0.29) is 10.9 Å². The summed E-state index contributed by atoms with van der Waals surface area (Å²) in [4.78, 5) is 24.3. The highest BCUT2D eigenvalue weighted by Gasteiger charge is 2.16. The van der Waals surface area contributed by atoms with Crippen LogP contribution in [0.4, 0.5) is 10.1 Å². The van der Waals surface area contributed by atoms with E-state index >= 15 is 0 Å². The normalized spacial score (nSPS) is 15.0. The van der Waals surface area contributed by atoms with Gasteiger partial charge in [-0.05, 0) is 31.0 Å². The lowest BCUT2D eigenvalue weighted by molar-refractivity contribution is -0.119. The molecule has 1 heterocycles. The zero-order chi connectivity index (χ0) is 19.8. The number of hydrogen-bond donors (Lipinski definition) is 2. The van der Waals surface area contributed by atoms with E-state index in [4.69, 9.17) is 0 Å². The first-order valence-electron chi connectivity index (χ1n) is 9.36. The Kier molecular flexibility index (Phi) is 7.79. The Morgan fingerprint density at radius 1 is 1.18 bits per heavy atom. The Morgan fingerprint density at radius 3 is 2.71 bits per heavy atom. The summed E-state index contributed by atoms with van der Waals surface area (Å²) in [6, 6.07) is 5.97. The number of thioether (sulfide) groups is 1. The van der Waals surface area contributed by atoms with Crippen LogP contribution in [0.1, 0.15) is 53.3 Å². The van der Waals surface area contributed by atoms with Crippen molar-refractivity contribution in [2.45, 2.75) is 50.3 Å². The fourth-order valence-electron chi connectivity index (χ4n) is 3.08. The van der Waals surface area contributed by atoms with Crippen LogP contribution in [-0.2, 0) is 10.5 Å². The lowest BCUT2D eigenvalue weighted by Gasteiger charge is -2.15. The Morgan fingerprint density at radius 2 is 1.96 bits per heavy atom. The van der Waals surface area contributed by atoms with Gasteiger partial charge in [0.2, 0.25) is 10.9 Å². The number of rotatable bonds is 7. The summed E-state index contributed by atoms with van der Waals surface area (Å²) in [5, 5.41) is 14.5. The number of nitrogens with zero attached hydrogens (tertiary/aromatic N) is 2. The van der Waals surface area contributed by atoms with Gasteiger partial charge in [0.25, 0.3) is 5.91 Å². The Hall–Kier alpha value is -2.00. The Labute approximate surface area is 171 Å². The third-order valence-corrected chi connectivity index (χ3v) is 6.47. The van der Waals surface area contributed by atoms with E-state index in [0.29, 0.717) is 28.2 Å². The van der Waals surface area contributed by atoms with Gasteiger partial charge in [-0.2, -0.15) is 0 Å². The second-order valence-electron chi connectivity index (χ2n) is 6.71. The topological polar surface area (TPSA) is 84.0 Å². The van der Waals surface area contributed by atoms with Crippen LogP contribution in [0, 0.1) is 5.82 Å². The summed E-state index contributed by atoms with van der Waals surface area (Å²) in [6.07, 6.45) is 7.01. The van der Waals surface area contributed by atoms with Crippen molar-refractivity contribution in [1.29, 1.82) is 0 Å². The van der Waals surface area contributed by atoms with Crippen LogP contribution in [0.5, 0.6) is 0 Å². The maximum atomic E-state index is 13.2. The minimum absolute atomic E-state index is 0.0467. The van der Waals surface area contributed by atoms with Crippen LogP contribution in [0.3, 0.4) is 0 Å². The van der Waals surface area contributed by atoms with Crippen LogP contribution in [-0.4, -0.2) is 33.8 Å². The van der Waals surface area contributed by atoms with E-state index in [1.54, 1.807) is 6.07 Å². The fraction of sp³-hybridized carbons (Fsp3) is 0.474. The molecule has 0 saturated heterocycles. The molecule has 3 rings (SSSR count). The van der Waals surface area contributed by atoms with Gasteiger partial charge in [-0.15, -0.1) is 22.0 Å². The molecular weight excluding hydrogens is 399 g/mol. The molecule has 2 aromatic rings. The molecule has 150 valence electrons. The van der Waals surface area contributed by atoms with Crippen molar-refractivity contribution in [3.8, 4) is 0 Å². The van der Waals surface area contributed by atoms with Crippen LogP contribution < -0.4 is 10.6 Å². The number of carbonyl (C=O) groups is 2. The van der Waals surface area contributed by atoms with Crippen molar-refractivity contribution in [3.05, 3.63) is 40.1 Å². The maximum Gasteiger partial charge on any atom is 0.286 e. The minimum Gasteiger partial charge on any atom is -0.353 e. The quantitative estimate of drug-likeness (QED) is 0.659. The molecule has 0 radical (unpaired) electrons. The maximum absolute atomic E-state index is 13.2. The highest BCUT2D eigenvalue weighted by molar-refractivity contribution is 7.99. The Bertz CT molecular complexity index is 807. The smallest absolute Gasteiger partial charge is 0.286 e. The van der Waals surface area contributed by atoms with Crippen molar-refractivity contribution in [1.82, 2.24) is 15.5 Å². The predicted octanol–water partition coefficient (Wildman–Crippen LogP) is 4.00. The molecule has 0 bridgehead atoms. The van der Waals surface area contributed by atoms with Crippen molar-refractivity contribution < 1.29 is 14.0 Å². The fourth-order valence-corrected chi connectivity index (χ4v) is 4.70. The molecule has 0 atom stereocenters. The molecule has 0 spiro atoms. The summed E-state index contributed by atoms with van der Waals surface area (Å²) in [5.41, 5.74) is 0.367. The summed E-state index contributed by atoms with van der Waals surface area (Å²) in [7, 11) is 0. The summed E-state index contributed by atoms with van der Waals surface area (Å²) >= 11 is 2.63. The average Bonchev–Trinajstić information content (AvgIpc) is 2.99. The van der Waals surface area contributed by atoms with Gasteiger partial charge >= 0.3 is 0 Å². The Balaban J connectivity index is 1.41. The van der Waals surface area contributed by atoms with Crippen LogP contribution in [0.2, 0.25) is 0 Å². The second-order valence-corrected chi connectivity index (χ2v) is 8.76. The standard InChI is InChI=1S/C19H23FN4O2S2/c20-13-6-5-9-15(10-13)22-18(26)19-24-23-17(28-19)12-27-11-16(25)21-14-7-3-1-2-4-8-14/h5-6,9-10,14H,1-4,7-8,11-12H2,(H,21,25)(H,22,26). The minimum atomic E-state index is -0.426. The van der Waals surface area contributed by atoms with E-state index < -0.39 is 11.7 Å². The molecule has 1 saturated carbocycles. The lowest BCUT2D eigenvalue weighted by Crippen LogP contribution is -2.35. The molecule has 2 amide bonds. The second kappa shape index (κ2) is 10.5. The van der Waals surface area contributed by atoms with E-state index in [2.05, 4.69) is 20.8 Å². The molecule has 1 aromatic heterocycles. The first-order valence-corrected chi connectivity index (χ1v) is 11.3. The molecule has 1 aromatic carbocycles. The van der Waals surface area contributed by atoms with Gasteiger partial charge in [-0.25, -0.2) is 4.39 Å². The predicted molar refractivity (Wildman–Crippen MR) is 110 cm³/mol. The first-order chi connectivity index (χ1) is 13.6. The zero-order valence-electron chi connectivity index (χ0n) is 15.4. The summed E-state index contributed by atoms with van der Waals surface area (Å²) in [5.74, 6) is 0.0781. The number of nitrogens with one attached hydrogen (secondary N) is 2. The molecular formula is C19H23FN4O2S2. The highest BCUT2D eigenvalue weighted by atomic mass is 32.2. The number of benzene rings is 1. The number of halogens is 1. The number of carbonyl (C=O) groups excluding carboxylic acids is 2. The highest BCUT2D eigenvalue weighted by Crippen LogP contribution is 2.20. The van der Waals surface area contributed by atoms with E-state index in [9.17, 15) is 14.0 Å². The van der Waals surface area contributed by atoms with Gasteiger partial charge in [-0.1, -0.05) is 43.1 Å². The van der Waals surface area contributed by atoms with Gasteiger partial charge in [0.15, 0.2) is 0 Å². The van der Waals surface area contributed by atoms with Crippen molar-refractivity contribution in [2.24, 2.45) is 0 Å². The summed E-state index contributed by atoms with van der Waals surface area (Å²) < 4.78 is 13.2. The van der Waals surface area contributed by atoms with Crippen molar-refractivity contribution >= 4 is 40.6 Å². The van der Waals surface area contributed by atoms with Gasteiger partial charge in [-0.3, -0.25) is 9.59 Å². The average molecular weight is 423 g/mol. The van der Waals surface area contributed by atoms with E-state index in [1.165, 1.54) is 67.0 Å². The SMILES string of the molecule is O=C(CSCc1nnc(C(=O)Nc2cccc(F)c2)s1)NC1CCCCCC1. The van der Waals surface area contributed by atoms with Gasteiger partial charge < -0.3 is 10.6 Å². The first kappa shape index (κ1) is 20.7. The number of anilines is 1. The van der Waals surface area contributed by atoms with E-state index in [1.807, 2.05) is 0 Å². The molecule has 0 aliphatic heterocycles. The zero-order valence-corrected chi connectivity index (χ0v) is 17.1. The largest absolute Gasteiger partial charge is 0.353 e. The number of aromatic nitrogens is 2. The molecule has 9 heteroatoms. The molecule has 6 nitrogen and oxygen atoms in total. The number of hydrogen-bond acceptors (Lipinski definition) is 6. The van der Waals surface area contributed by atoms with Gasteiger partial charge in [0.1, 0.15) is 10.8 Å². The summed E-state index contributed by atoms with van der Waals surface area (Å²) in [6.45, 7) is 0. The third kappa shape index (κ3) is 6.56. The molecule has 2 N–H and O–H groups in total.